The van der Waals surface area contributed by atoms with Crippen LogP contribution in [0.2, 0.25) is 0 Å². The number of ether oxygens (including phenoxy) is 11. The molecule has 5 heterocycles. The highest BCUT2D eigenvalue weighted by atomic mass is 127. The van der Waals surface area contributed by atoms with Crippen LogP contribution in [0.25, 0.3) is 0 Å². The average Bonchev–Trinajstić information content (AvgIpc) is 1.74. The van der Waals surface area contributed by atoms with Crippen LogP contribution < -0.4 is 26.8 Å². The van der Waals surface area contributed by atoms with E-state index >= 15 is 0 Å². The number of amides is 2. The van der Waals surface area contributed by atoms with Crippen molar-refractivity contribution in [1.29, 1.82) is 0 Å². The molecule has 121 heavy (non-hydrogen) atoms. The third-order valence-electron chi connectivity index (χ3n) is 21.2. The summed E-state index contributed by atoms with van der Waals surface area (Å²) in [6.45, 7) is 27.8. The van der Waals surface area contributed by atoms with Crippen LogP contribution in [-0.4, -0.2) is 171 Å². The van der Waals surface area contributed by atoms with Gasteiger partial charge in [0.25, 0.3) is 0 Å². The lowest BCUT2D eigenvalue weighted by molar-refractivity contribution is -0.187. The highest BCUT2D eigenvalue weighted by Gasteiger charge is 2.49. The summed E-state index contributed by atoms with van der Waals surface area (Å²) < 4.78 is 146. The second kappa shape index (κ2) is 45.6. The van der Waals surface area contributed by atoms with E-state index in [1.807, 2.05) is 84.0 Å². The molecular formula is C88H122Br3F4IN6O17S2. The molecule has 14 rings (SSSR count). The minimum absolute atomic E-state index is 0.00540. The molecule has 0 aromatic heterocycles. The maximum atomic E-state index is 13.9. The molecule has 8 N–H and O–H groups in total. The molecule has 6 atom stereocenters. The molecule has 9 fully saturated rings. The number of carbonyl (C=O) groups is 3. The largest absolute Gasteiger partial charge is 0.444 e. The molecule has 5 saturated heterocycles. The van der Waals surface area contributed by atoms with Gasteiger partial charge in [-0.25, -0.2) is 35.6 Å². The van der Waals surface area contributed by atoms with Crippen LogP contribution in [-0.2, 0) is 103 Å². The molecule has 9 aliphatic rings. The molecule has 2 unspecified atom stereocenters. The summed E-state index contributed by atoms with van der Waals surface area (Å²) in [6, 6.07) is 29.7. The molecular weight excluding hydrogens is 1920 g/mol. The van der Waals surface area contributed by atoms with Crippen LogP contribution >= 0.6 is 70.4 Å². The zero-order chi connectivity index (χ0) is 88.8. The SMILES string of the molecule is Brc1cccc(I)c1.CC(C)(C)OC(=O)N[C@@H](Cc1cc(F)cc(F)c1)[C@H](O)CNC1(c2cccc(Br)c2)CCC2(CC1)OCCO2.CC(C)(C)OC(=O)N[C@@H](Cc1cc(F)cc(F)c1)[C@H]1CO1.CC(C)(C)S(=O)N=C1CCC2(CC1)OCCO2.CC(C)(C)S(N)=O.NC1(c2cccc(Br)c2)CCC2(CC1)OCCO2.O=C1CCC2(CC1)OCCO2. The number of carbonyl (C=O) groups excluding carboxylic acids is 3. The van der Waals surface area contributed by atoms with E-state index in [9.17, 15) is 45.5 Å². The molecule has 2 amide bonds. The normalized spacial score (nSPS) is 22.3. The van der Waals surface area contributed by atoms with Gasteiger partial charge in [0.05, 0.1) is 98.1 Å². The molecule has 674 valence electrons. The number of benzene rings is 5. The first-order valence-corrected chi connectivity index (χ1v) is 46.9. The fourth-order valence-electron chi connectivity index (χ4n) is 14.5. The molecule has 4 aliphatic carbocycles. The van der Waals surface area contributed by atoms with Crippen molar-refractivity contribution in [2.75, 3.05) is 66.0 Å². The molecule has 0 bridgehead atoms. The van der Waals surface area contributed by atoms with Gasteiger partial charge in [0.1, 0.15) is 57.3 Å². The van der Waals surface area contributed by atoms with E-state index in [0.717, 1.165) is 101 Å². The highest BCUT2D eigenvalue weighted by molar-refractivity contribution is 14.1. The molecule has 23 nitrogen and oxygen atoms in total. The van der Waals surface area contributed by atoms with Crippen LogP contribution in [0.1, 0.15) is 208 Å². The number of nitrogens with one attached hydrogen (secondary N) is 3. The molecule has 0 radical (unpaired) electrons. The summed E-state index contributed by atoms with van der Waals surface area (Å²) >= 11 is 12.7. The summed E-state index contributed by atoms with van der Waals surface area (Å²) in [4.78, 5) is 35.3. The number of aliphatic hydroxyl groups excluding tert-OH is 1. The monoisotopic (exact) mass is 2040 g/mol. The van der Waals surface area contributed by atoms with E-state index in [1.165, 1.54) is 33.4 Å². The quantitative estimate of drug-likeness (QED) is 0.0342. The molecule has 5 aromatic carbocycles. The first kappa shape index (κ1) is 102. The smallest absolute Gasteiger partial charge is 0.407 e. The van der Waals surface area contributed by atoms with Crippen LogP contribution in [0.4, 0.5) is 27.2 Å². The van der Waals surface area contributed by atoms with Crippen LogP contribution in [0.3, 0.4) is 0 Å². The molecule has 4 saturated carbocycles. The Hall–Kier alpha value is -4.35. The first-order chi connectivity index (χ1) is 56.7. The maximum absolute atomic E-state index is 13.9. The summed E-state index contributed by atoms with van der Waals surface area (Å²) in [6.07, 6.45) is 10.2. The number of alkyl carbamates (subject to hydrolysis) is 2. The number of hydrogen-bond acceptors (Lipinski definition) is 19. The lowest BCUT2D eigenvalue weighted by atomic mass is 9.74. The Labute approximate surface area is 754 Å². The van der Waals surface area contributed by atoms with Gasteiger partial charge in [-0.2, -0.15) is 4.40 Å². The number of halogens is 8. The second-order valence-electron chi connectivity index (χ2n) is 35.4. The van der Waals surface area contributed by atoms with Crippen LogP contribution in [0.15, 0.2) is 127 Å². The van der Waals surface area contributed by atoms with Crippen molar-refractivity contribution < 1.29 is 97.6 Å². The van der Waals surface area contributed by atoms with Crippen molar-refractivity contribution in [3.63, 3.8) is 0 Å². The Morgan fingerprint density at radius 1 is 0.537 bits per heavy atom. The van der Waals surface area contributed by atoms with Crippen LogP contribution in [0, 0.1) is 26.8 Å². The molecule has 5 aromatic rings. The summed E-state index contributed by atoms with van der Waals surface area (Å²) in [5.74, 6) is -4.03. The topological polar surface area (TPSA) is 311 Å². The van der Waals surface area contributed by atoms with Gasteiger partial charge < -0.3 is 78.9 Å². The Balaban J connectivity index is 0.000000189. The third kappa shape index (κ3) is 34.3. The number of ketones is 1. The fourth-order valence-corrected chi connectivity index (χ4v) is 17.4. The van der Waals surface area contributed by atoms with Crippen molar-refractivity contribution in [3.05, 3.63) is 172 Å². The number of rotatable bonds is 14. The van der Waals surface area contributed by atoms with E-state index in [-0.39, 0.29) is 63.9 Å². The maximum Gasteiger partial charge on any atom is 0.407 e. The van der Waals surface area contributed by atoms with E-state index in [4.69, 9.17) is 63.0 Å². The predicted molar refractivity (Wildman–Crippen MR) is 478 cm³/mol. The number of Topliss-reactive ketones (excluding diaryl/α,β-unsaturated/α-hetero) is 1. The van der Waals surface area contributed by atoms with Gasteiger partial charge in [0.15, 0.2) is 23.1 Å². The Kier molecular flexibility index (Phi) is 38.4. The van der Waals surface area contributed by atoms with Gasteiger partial charge in [-0.15, -0.1) is 0 Å². The van der Waals surface area contributed by atoms with Gasteiger partial charge >= 0.3 is 12.2 Å². The zero-order valence-electron chi connectivity index (χ0n) is 71.4. The van der Waals surface area contributed by atoms with Crippen molar-refractivity contribution in [2.24, 2.45) is 15.3 Å². The fraction of sp³-hybridized carbons (Fsp3) is 0.614. The van der Waals surface area contributed by atoms with Gasteiger partial charge in [-0.3, -0.25) is 9.93 Å². The van der Waals surface area contributed by atoms with Gasteiger partial charge in [0, 0.05) is 117 Å². The van der Waals surface area contributed by atoms with Crippen LogP contribution in [0.5, 0.6) is 0 Å². The lowest BCUT2D eigenvalue weighted by Crippen LogP contribution is -2.55. The minimum Gasteiger partial charge on any atom is -0.444 e. The average molecular weight is 2040 g/mol. The third-order valence-corrected chi connectivity index (χ3v) is 26.0. The van der Waals surface area contributed by atoms with Gasteiger partial charge in [0.2, 0.25) is 0 Å². The number of nitrogens with zero attached hydrogens (tertiary/aromatic N) is 1. The summed E-state index contributed by atoms with van der Waals surface area (Å²) in [5.41, 5.74) is 8.55. The van der Waals surface area contributed by atoms with E-state index < -0.39 is 92.1 Å². The van der Waals surface area contributed by atoms with E-state index in [1.54, 1.807) is 41.5 Å². The standard InChI is InChI=1S/C29H37BrF2N2O5.C15H19F2NO3.C14H18BrNO2.C12H21NO3S.C8H12O3.C6H4BrI.C4H11NOS/c1-27(2,3)39-26(36)34-24(15-19-13-22(31)17-23(32)14-19)25(35)18-33-28(20-5-4-6-21(30)16-20)7-9-29(10-8-28)37-11-12-38-29;1-15(2,3)21-14(19)18-12(13-8-20-13)6-9-4-10(16)7-11(17)5-9;15-12-3-1-2-11(10-12)13(16)4-6-14(7-5-13)17-8-9-18-14;1-11(2,3)17(14)13-10-4-6-12(7-5-10)15-8-9-16-12;9-7-1-3-8(4-2-7)10-5-6-11-8;7-5-2-1-3-6(8)4-5;1-4(2,3)7(5)6/h4-6,13-14,16-17,24-25,33,35H,7-12,15,18H2,1-3H3,(H,34,36);4-5,7,12-13H,6,8H2,1-3H3,(H,18,19);1-3,10H,4-9,16H2;4-9H2,1-3H3;1-6H2;1-4H;5H2,1-3H3/t24-,25+;12-,13+;;;;;/m00...../s1. The number of aliphatic hydroxyl groups is 1. The van der Waals surface area contributed by atoms with Crippen molar-refractivity contribution in [1.82, 2.24) is 16.0 Å². The summed E-state index contributed by atoms with van der Waals surface area (Å²) in [7, 11) is -2.32. The zero-order valence-corrected chi connectivity index (χ0v) is 80.0. The number of epoxide rings is 1. The molecule has 5 aliphatic heterocycles. The number of nitrogens with two attached hydrogens (primary N) is 2. The summed E-state index contributed by atoms with van der Waals surface area (Å²) in [5, 5.41) is 25.3. The molecule has 4 spiro atoms. The van der Waals surface area contributed by atoms with Gasteiger partial charge in [-0.05, 0) is 246 Å². The van der Waals surface area contributed by atoms with E-state index in [2.05, 4.69) is 121 Å². The van der Waals surface area contributed by atoms with E-state index in [0.29, 0.717) is 115 Å². The Morgan fingerprint density at radius 3 is 1.29 bits per heavy atom. The Morgan fingerprint density at radius 2 is 0.909 bits per heavy atom. The highest BCUT2D eigenvalue weighted by Crippen LogP contribution is 2.47. The minimum atomic E-state index is -1.18. The van der Waals surface area contributed by atoms with Crippen molar-refractivity contribution >= 4 is 116 Å². The Bertz CT molecular complexity index is 4180. The van der Waals surface area contributed by atoms with Crippen molar-refractivity contribution in [2.45, 2.75) is 278 Å². The van der Waals surface area contributed by atoms with Gasteiger partial charge in [-0.1, -0.05) is 78.1 Å². The van der Waals surface area contributed by atoms with Crippen molar-refractivity contribution in [3.8, 4) is 0 Å². The number of hydrogen-bond donors (Lipinski definition) is 6. The second-order valence-corrected chi connectivity index (χ2v) is 43.1. The lowest BCUT2D eigenvalue weighted by Gasteiger charge is -2.45. The molecule has 33 heteroatoms. The predicted octanol–water partition coefficient (Wildman–Crippen LogP) is 17.6. The first-order valence-electron chi connectivity index (χ1n) is 41.1.